The quantitative estimate of drug-likeness (QED) is 0.714. The molecule has 26 heavy (non-hydrogen) atoms. The fraction of sp³-hybridized carbons (Fsp3) is 0.400. The molecule has 6 nitrogen and oxygen atoms in total. The van der Waals surface area contributed by atoms with Gasteiger partial charge in [-0.3, -0.25) is 15.0 Å². The highest BCUT2D eigenvalue weighted by Gasteiger charge is 2.20. The average molecular weight is 351 g/mol. The molecule has 0 aromatic carbocycles. The summed E-state index contributed by atoms with van der Waals surface area (Å²) in [5, 5.41) is 10.9. The van der Waals surface area contributed by atoms with Crippen LogP contribution in [0.15, 0.2) is 47.1 Å². The molecule has 0 bridgehead atoms. The van der Waals surface area contributed by atoms with Crippen LogP contribution in [0.5, 0.6) is 0 Å². The van der Waals surface area contributed by atoms with Gasteiger partial charge in [-0.05, 0) is 44.0 Å². The van der Waals surface area contributed by atoms with Gasteiger partial charge < -0.3 is 9.73 Å². The molecule has 0 radical (unpaired) electrons. The van der Waals surface area contributed by atoms with Gasteiger partial charge in [-0.25, -0.2) is 0 Å². The third-order valence-electron chi connectivity index (χ3n) is 4.99. The SMILES string of the molecule is Cc1ccc(-c2[nH]ncc2CNC2CCN(Cc3ccccn3)CC2)o1. The van der Waals surface area contributed by atoms with Gasteiger partial charge in [0.2, 0.25) is 0 Å². The zero-order valence-corrected chi connectivity index (χ0v) is 15.1. The Bertz CT molecular complexity index is 818. The number of nitrogens with one attached hydrogen (secondary N) is 2. The van der Waals surface area contributed by atoms with Crippen LogP contribution in [0.25, 0.3) is 11.5 Å². The first-order valence-electron chi connectivity index (χ1n) is 9.22. The molecule has 136 valence electrons. The van der Waals surface area contributed by atoms with E-state index < -0.39 is 0 Å². The lowest BCUT2D eigenvalue weighted by Gasteiger charge is -2.32. The third kappa shape index (κ3) is 4.03. The standard InChI is InChI=1S/C20H25N5O/c1-15-5-6-19(26-15)20-16(13-23-24-20)12-22-17-7-10-25(11-8-17)14-18-4-2-3-9-21-18/h2-6,9,13,17,22H,7-8,10-12,14H2,1H3,(H,23,24). The summed E-state index contributed by atoms with van der Waals surface area (Å²) in [6.07, 6.45) is 6.06. The van der Waals surface area contributed by atoms with Gasteiger partial charge in [0, 0.05) is 44.0 Å². The summed E-state index contributed by atoms with van der Waals surface area (Å²) in [5.41, 5.74) is 3.27. The topological polar surface area (TPSA) is 70.0 Å². The van der Waals surface area contributed by atoms with Crippen molar-refractivity contribution < 1.29 is 4.42 Å². The van der Waals surface area contributed by atoms with Crippen molar-refractivity contribution in [1.29, 1.82) is 0 Å². The Balaban J connectivity index is 1.27. The average Bonchev–Trinajstić information content (AvgIpc) is 3.30. The van der Waals surface area contributed by atoms with Crippen LogP contribution in [-0.4, -0.2) is 39.2 Å². The summed E-state index contributed by atoms with van der Waals surface area (Å²) in [5.74, 6) is 1.76. The highest BCUT2D eigenvalue weighted by molar-refractivity contribution is 5.56. The van der Waals surface area contributed by atoms with E-state index in [1.807, 2.05) is 37.5 Å². The lowest BCUT2D eigenvalue weighted by Crippen LogP contribution is -2.42. The second-order valence-corrected chi connectivity index (χ2v) is 6.93. The van der Waals surface area contributed by atoms with Gasteiger partial charge in [0.05, 0.1) is 11.9 Å². The molecule has 0 saturated carbocycles. The molecule has 1 saturated heterocycles. The van der Waals surface area contributed by atoms with Gasteiger partial charge in [0.15, 0.2) is 5.76 Å². The number of furan rings is 1. The van der Waals surface area contributed by atoms with Crippen LogP contribution in [0.1, 0.15) is 29.9 Å². The number of likely N-dealkylation sites (tertiary alicyclic amines) is 1. The first-order valence-corrected chi connectivity index (χ1v) is 9.22. The maximum absolute atomic E-state index is 5.72. The summed E-state index contributed by atoms with van der Waals surface area (Å²) >= 11 is 0. The molecule has 1 aliphatic heterocycles. The number of aryl methyl sites for hydroxylation is 1. The van der Waals surface area contributed by atoms with Crippen LogP contribution in [0.2, 0.25) is 0 Å². The molecule has 0 unspecified atom stereocenters. The number of hydrogen-bond donors (Lipinski definition) is 2. The van der Waals surface area contributed by atoms with Crippen LogP contribution in [0.4, 0.5) is 0 Å². The van der Waals surface area contributed by atoms with Crippen molar-refractivity contribution in [2.75, 3.05) is 13.1 Å². The Morgan fingerprint density at radius 1 is 1.23 bits per heavy atom. The summed E-state index contributed by atoms with van der Waals surface area (Å²) in [4.78, 5) is 6.91. The van der Waals surface area contributed by atoms with Crippen molar-refractivity contribution in [2.45, 2.75) is 38.9 Å². The van der Waals surface area contributed by atoms with Gasteiger partial charge in [-0.1, -0.05) is 6.07 Å². The predicted octanol–water partition coefficient (Wildman–Crippen LogP) is 3.13. The monoisotopic (exact) mass is 351 g/mol. The number of H-pyrrole nitrogens is 1. The van der Waals surface area contributed by atoms with E-state index in [1.54, 1.807) is 0 Å². The van der Waals surface area contributed by atoms with Crippen LogP contribution in [0.3, 0.4) is 0 Å². The summed E-state index contributed by atoms with van der Waals surface area (Å²) in [7, 11) is 0. The van der Waals surface area contributed by atoms with E-state index in [9.17, 15) is 0 Å². The molecule has 1 fully saturated rings. The van der Waals surface area contributed by atoms with E-state index in [-0.39, 0.29) is 0 Å². The fourth-order valence-electron chi connectivity index (χ4n) is 3.50. The molecule has 0 amide bonds. The van der Waals surface area contributed by atoms with E-state index in [0.29, 0.717) is 6.04 Å². The van der Waals surface area contributed by atoms with Crippen LogP contribution in [-0.2, 0) is 13.1 Å². The zero-order chi connectivity index (χ0) is 17.8. The number of piperidine rings is 1. The van der Waals surface area contributed by atoms with Crippen LogP contribution < -0.4 is 5.32 Å². The van der Waals surface area contributed by atoms with Crippen molar-refractivity contribution >= 4 is 0 Å². The number of pyridine rings is 1. The third-order valence-corrected chi connectivity index (χ3v) is 4.99. The molecule has 0 spiro atoms. The summed E-state index contributed by atoms with van der Waals surface area (Å²) < 4.78 is 5.72. The number of hydrogen-bond acceptors (Lipinski definition) is 5. The number of nitrogens with zero attached hydrogens (tertiary/aromatic N) is 3. The van der Waals surface area contributed by atoms with E-state index in [2.05, 4.69) is 37.5 Å². The minimum Gasteiger partial charge on any atom is -0.460 e. The Morgan fingerprint density at radius 3 is 2.85 bits per heavy atom. The lowest BCUT2D eigenvalue weighted by molar-refractivity contribution is 0.188. The molecule has 0 atom stereocenters. The lowest BCUT2D eigenvalue weighted by atomic mass is 10.0. The van der Waals surface area contributed by atoms with Crippen molar-refractivity contribution in [3.63, 3.8) is 0 Å². The largest absolute Gasteiger partial charge is 0.460 e. The molecule has 3 aromatic heterocycles. The summed E-state index contributed by atoms with van der Waals surface area (Å²) in [6, 6.07) is 10.6. The van der Waals surface area contributed by atoms with E-state index >= 15 is 0 Å². The molecule has 0 aliphatic carbocycles. The zero-order valence-electron chi connectivity index (χ0n) is 15.1. The minimum atomic E-state index is 0.538. The highest BCUT2D eigenvalue weighted by Crippen LogP contribution is 2.23. The molecule has 6 heteroatoms. The Morgan fingerprint density at radius 2 is 2.12 bits per heavy atom. The van der Waals surface area contributed by atoms with Crippen molar-refractivity contribution in [2.24, 2.45) is 0 Å². The first-order chi connectivity index (χ1) is 12.8. The molecule has 2 N–H and O–H groups in total. The Hall–Kier alpha value is -2.44. The van der Waals surface area contributed by atoms with Crippen molar-refractivity contribution in [3.05, 3.63) is 59.7 Å². The molecule has 1 aliphatic rings. The number of aromatic nitrogens is 3. The van der Waals surface area contributed by atoms with E-state index in [1.165, 1.54) is 0 Å². The molecular formula is C20H25N5O. The molecule has 4 heterocycles. The van der Waals surface area contributed by atoms with Crippen molar-refractivity contribution in [1.82, 2.24) is 25.4 Å². The van der Waals surface area contributed by atoms with Crippen LogP contribution >= 0.6 is 0 Å². The molecular weight excluding hydrogens is 326 g/mol. The van der Waals surface area contributed by atoms with Gasteiger partial charge >= 0.3 is 0 Å². The summed E-state index contributed by atoms with van der Waals surface area (Å²) in [6.45, 7) is 5.90. The predicted molar refractivity (Wildman–Crippen MR) is 100 cm³/mol. The van der Waals surface area contributed by atoms with E-state index in [4.69, 9.17) is 4.42 Å². The maximum Gasteiger partial charge on any atom is 0.152 e. The number of rotatable bonds is 6. The van der Waals surface area contributed by atoms with E-state index in [0.717, 1.165) is 67.5 Å². The molecule has 4 rings (SSSR count). The first kappa shape index (κ1) is 17.0. The normalized spacial score (nSPS) is 16.2. The fourth-order valence-corrected chi connectivity index (χ4v) is 3.50. The number of aromatic amines is 1. The maximum atomic E-state index is 5.72. The Kier molecular flexibility index (Phi) is 5.13. The van der Waals surface area contributed by atoms with Crippen LogP contribution in [0, 0.1) is 6.92 Å². The second-order valence-electron chi connectivity index (χ2n) is 6.93. The Labute approximate surface area is 153 Å². The van der Waals surface area contributed by atoms with Crippen molar-refractivity contribution in [3.8, 4) is 11.5 Å². The van der Waals surface area contributed by atoms with Gasteiger partial charge in [0.25, 0.3) is 0 Å². The van der Waals surface area contributed by atoms with Gasteiger partial charge in [-0.2, -0.15) is 5.10 Å². The minimum absolute atomic E-state index is 0.538. The highest BCUT2D eigenvalue weighted by atomic mass is 16.3. The molecule has 3 aromatic rings. The smallest absolute Gasteiger partial charge is 0.152 e. The van der Waals surface area contributed by atoms with Gasteiger partial charge in [0.1, 0.15) is 11.5 Å². The van der Waals surface area contributed by atoms with Gasteiger partial charge in [-0.15, -0.1) is 0 Å². The second kappa shape index (κ2) is 7.85.